The maximum absolute atomic E-state index is 11.9. The molecule has 4 nitrogen and oxygen atoms in total. The molecule has 2 aliphatic rings. The van der Waals surface area contributed by atoms with Crippen molar-refractivity contribution in [3.8, 4) is 11.5 Å². The SMILES string of the molecule is O=S1(=Nc2ccc3c(c2)OCCO3)CCC1. The second-order valence-corrected chi connectivity index (χ2v) is 6.50. The molecule has 1 aromatic carbocycles. The molecule has 5 heteroatoms. The summed E-state index contributed by atoms with van der Waals surface area (Å²) in [6, 6.07) is 5.47. The van der Waals surface area contributed by atoms with Crippen molar-refractivity contribution in [2.45, 2.75) is 6.42 Å². The van der Waals surface area contributed by atoms with Crippen molar-refractivity contribution in [2.75, 3.05) is 24.7 Å². The zero-order valence-corrected chi connectivity index (χ0v) is 9.66. The first-order valence-electron chi connectivity index (χ1n) is 5.37. The Morgan fingerprint density at radius 3 is 2.56 bits per heavy atom. The van der Waals surface area contributed by atoms with E-state index < -0.39 is 9.73 Å². The van der Waals surface area contributed by atoms with Gasteiger partial charge in [0, 0.05) is 17.6 Å². The molecule has 3 rings (SSSR count). The quantitative estimate of drug-likeness (QED) is 0.752. The predicted molar refractivity (Wildman–Crippen MR) is 62.0 cm³/mol. The van der Waals surface area contributed by atoms with Crippen LogP contribution in [0.3, 0.4) is 0 Å². The zero-order valence-electron chi connectivity index (χ0n) is 8.85. The maximum Gasteiger partial charge on any atom is 0.163 e. The van der Waals surface area contributed by atoms with Crippen molar-refractivity contribution in [2.24, 2.45) is 4.36 Å². The maximum atomic E-state index is 11.9. The summed E-state index contributed by atoms with van der Waals surface area (Å²) >= 11 is 0. The van der Waals surface area contributed by atoms with Crippen molar-refractivity contribution in [1.29, 1.82) is 0 Å². The molecule has 0 atom stereocenters. The first kappa shape index (κ1) is 9.96. The number of rotatable bonds is 1. The average molecular weight is 239 g/mol. The lowest BCUT2D eigenvalue weighted by Gasteiger charge is -2.20. The largest absolute Gasteiger partial charge is 0.486 e. The highest BCUT2D eigenvalue weighted by Gasteiger charge is 2.20. The van der Waals surface area contributed by atoms with Gasteiger partial charge in [-0.25, -0.2) is 4.21 Å². The normalized spacial score (nSPS) is 21.0. The lowest BCUT2D eigenvalue weighted by Crippen LogP contribution is -2.23. The van der Waals surface area contributed by atoms with Gasteiger partial charge in [0.25, 0.3) is 0 Å². The molecule has 0 spiro atoms. The summed E-state index contributed by atoms with van der Waals surface area (Å²) in [5.74, 6) is 2.90. The number of fused-ring (bicyclic) bond motifs is 1. The van der Waals surface area contributed by atoms with E-state index in [0.717, 1.165) is 29.4 Å². The highest BCUT2D eigenvalue weighted by atomic mass is 32.2. The van der Waals surface area contributed by atoms with Crippen LogP contribution < -0.4 is 9.47 Å². The summed E-state index contributed by atoms with van der Waals surface area (Å²) < 4.78 is 27.1. The molecule has 1 saturated heterocycles. The van der Waals surface area contributed by atoms with Crippen molar-refractivity contribution < 1.29 is 13.7 Å². The lowest BCUT2D eigenvalue weighted by molar-refractivity contribution is 0.171. The average Bonchev–Trinajstić information content (AvgIpc) is 2.27. The fourth-order valence-corrected chi connectivity index (χ4v) is 3.23. The van der Waals surface area contributed by atoms with E-state index in [0.29, 0.717) is 19.0 Å². The first-order valence-corrected chi connectivity index (χ1v) is 7.23. The van der Waals surface area contributed by atoms with Gasteiger partial charge in [-0.2, -0.15) is 4.36 Å². The smallest absolute Gasteiger partial charge is 0.163 e. The molecule has 0 radical (unpaired) electrons. The van der Waals surface area contributed by atoms with E-state index in [9.17, 15) is 4.21 Å². The van der Waals surface area contributed by atoms with Gasteiger partial charge in [-0.05, 0) is 18.6 Å². The summed E-state index contributed by atoms with van der Waals surface area (Å²) in [4.78, 5) is 0. The van der Waals surface area contributed by atoms with Gasteiger partial charge in [-0.3, -0.25) is 0 Å². The van der Waals surface area contributed by atoms with Crippen LogP contribution in [0.25, 0.3) is 0 Å². The van der Waals surface area contributed by atoms with Crippen LogP contribution in [0.5, 0.6) is 11.5 Å². The van der Waals surface area contributed by atoms with Gasteiger partial charge < -0.3 is 9.47 Å². The summed E-state index contributed by atoms with van der Waals surface area (Å²) in [6.45, 7) is 1.14. The molecule has 16 heavy (non-hydrogen) atoms. The third-order valence-electron chi connectivity index (χ3n) is 2.72. The Labute approximate surface area is 94.7 Å². The van der Waals surface area contributed by atoms with Crippen molar-refractivity contribution in [3.63, 3.8) is 0 Å². The molecule has 0 unspecified atom stereocenters. The molecular formula is C11H13NO3S. The molecule has 0 aromatic heterocycles. The van der Waals surface area contributed by atoms with E-state index in [1.54, 1.807) is 6.07 Å². The van der Waals surface area contributed by atoms with Gasteiger partial charge in [0.1, 0.15) is 13.2 Å². The number of benzene rings is 1. The van der Waals surface area contributed by atoms with E-state index in [2.05, 4.69) is 4.36 Å². The van der Waals surface area contributed by atoms with Gasteiger partial charge in [0.05, 0.1) is 15.4 Å². The molecule has 2 heterocycles. The monoisotopic (exact) mass is 239 g/mol. The Bertz CT molecular complexity index is 522. The molecule has 0 N–H and O–H groups in total. The van der Waals surface area contributed by atoms with Crippen molar-refractivity contribution in [3.05, 3.63) is 18.2 Å². The minimum absolute atomic E-state index is 0.561. The Morgan fingerprint density at radius 1 is 1.12 bits per heavy atom. The van der Waals surface area contributed by atoms with Crippen LogP contribution in [-0.4, -0.2) is 28.9 Å². The second kappa shape index (κ2) is 3.66. The molecule has 1 fully saturated rings. The summed E-state index contributed by atoms with van der Waals surface area (Å²) in [6.07, 6.45) is 1.02. The standard InChI is InChI=1S/C11H13NO3S/c13-16(6-1-7-16)12-9-2-3-10-11(8-9)15-5-4-14-10/h2-3,8H,1,4-7H2. The third-order valence-corrected chi connectivity index (χ3v) is 5.12. The molecule has 86 valence electrons. The lowest BCUT2D eigenvalue weighted by atomic mass is 10.3. The van der Waals surface area contributed by atoms with Crippen LogP contribution in [-0.2, 0) is 9.73 Å². The molecular weight excluding hydrogens is 226 g/mol. The van der Waals surface area contributed by atoms with E-state index in [-0.39, 0.29) is 0 Å². The fourth-order valence-electron chi connectivity index (χ4n) is 1.76. The van der Waals surface area contributed by atoms with Gasteiger partial charge in [0.2, 0.25) is 0 Å². The third kappa shape index (κ3) is 1.75. The van der Waals surface area contributed by atoms with Gasteiger partial charge >= 0.3 is 0 Å². The van der Waals surface area contributed by atoms with Crippen LogP contribution >= 0.6 is 0 Å². The predicted octanol–water partition coefficient (Wildman–Crippen LogP) is 1.96. The summed E-state index contributed by atoms with van der Waals surface area (Å²) in [5, 5.41) is 0. The number of hydrogen-bond donors (Lipinski definition) is 0. The second-order valence-electron chi connectivity index (χ2n) is 3.95. The minimum Gasteiger partial charge on any atom is -0.486 e. The van der Waals surface area contributed by atoms with E-state index in [1.165, 1.54) is 0 Å². The Hall–Kier alpha value is -1.23. The molecule has 0 aliphatic carbocycles. The Balaban J connectivity index is 1.97. The number of hydrogen-bond acceptors (Lipinski definition) is 4. The van der Waals surface area contributed by atoms with E-state index in [1.807, 2.05) is 12.1 Å². The molecule has 0 amide bonds. The minimum atomic E-state index is -1.94. The highest BCUT2D eigenvalue weighted by molar-refractivity contribution is 7.95. The van der Waals surface area contributed by atoms with Crippen LogP contribution in [0, 0.1) is 0 Å². The highest BCUT2D eigenvalue weighted by Crippen LogP contribution is 2.34. The zero-order chi connectivity index (χ0) is 11.0. The molecule has 1 aromatic rings. The van der Waals surface area contributed by atoms with Crippen LogP contribution in [0.1, 0.15) is 6.42 Å². The van der Waals surface area contributed by atoms with Crippen molar-refractivity contribution >= 4 is 15.4 Å². The molecule has 0 saturated carbocycles. The molecule has 0 bridgehead atoms. The summed E-state index contributed by atoms with van der Waals surface area (Å²) in [7, 11) is -1.94. The Kier molecular flexibility index (Phi) is 2.28. The van der Waals surface area contributed by atoms with Crippen LogP contribution in [0.15, 0.2) is 22.6 Å². The van der Waals surface area contributed by atoms with Crippen molar-refractivity contribution in [1.82, 2.24) is 0 Å². The van der Waals surface area contributed by atoms with Gasteiger partial charge in [-0.1, -0.05) is 0 Å². The number of ether oxygens (including phenoxy) is 2. The van der Waals surface area contributed by atoms with Crippen LogP contribution in [0.4, 0.5) is 5.69 Å². The van der Waals surface area contributed by atoms with Gasteiger partial charge in [0.15, 0.2) is 11.5 Å². The van der Waals surface area contributed by atoms with E-state index >= 15 is 0 Å². The topological polar surface area (TPSA) is 47.9 Å². The van der Waals surface area contributed by atoms with Gasteiger partial charge in [-0.15, -0.1) is 0 Å². The van der Waals surface area contributed by atoms with E-state index in [4.69, 9.17) is 9.47 Å². The summed E-state index contributed by atoms with van der Waals surface area (Å²) in [5.41, 5.74) is 0.731. The van der Waals surface area contributed by atoms with Crippen LogP contribution in [0.2, 0.25) is 0 Å². The number of nitrogens with zero attached hydrogens (tertiary/aromatic N) is 1. The molecule has 2 aliphatic heterocycles. The first-order chi connectivity index (χ1) is 7.75. The fraction of sp³-hybridized carbons (Fsp3) is 0.455. The Morgan fingerprint density at radius 2 is 1.88 bits per heavy atom.